The lowest BCUT2D eigenvalue weighted by Gasteiger charge is -2.14. The maximum Gasteiger partial charge on any atom is 0.182 e. The minimum absolute atomic E-state index is 0.0409. The monoisotopic (exact) mass is 229 g/mol. The Kier molecular flexibility index (Phi) is 3.00. The fourth-order valence-corrected chi connectivity index (χ4v) is 2.02. The summed E-state index contributed by atoms with van der Waals surface area (Å²) in [6, 6.07) is 11.0. The number of hydrogen-bond acceptors (Lipinski definition) is 2. The van der Waals surface area contributed by atoms with Gasteiger partial charge in [-0.2, -0.15) is 0 Å². The Morgan fingerprint density at radius 3 is 2.29 bits per heavy atom. The SMILES string of the molecule is COc1cccc(-n2c(C)cc(=O)cc2C)c1. The van der Waals surface area contributed by atoms with Crippen LogP contribution in [0.1, 0.15) is 11.4 Å². The van der Waals surface area contributed by atoms with E-state index in [0.29, 0.717) is 0 Å². The first-order valence-corrected chi connectivity index (χ1v) is 5.46. The molecule has 0 N–H and O–H groups in total. The van der Waals surface area contributed by atoms with Gasteiger partial charge in [0.15, 0.2) is 5.43 Å². The van der Waals surface area contributed by atoms with Gasteiger partial charge in [-0.1, -0.05) is 6.07 Å². The Morgan fingerprint density at radius 1 is 1.06 bits per heavy atom. The molecule has 3 heteroatoms. The summed E-state index contributed by atoms with van der Waals surface area (Å²) in [5.41, 5.74) is 2.88. The number of methoxy groups -OCH3 is 1. The number of aromatic nitrogens is 1. The second-order valence-electron chi connectivity index (χ2n) is 4.01. The highest BCUT2D eigenvalue weighted by molar-refractivity contribution is 5.42. The van der Waals surface area contributed by atoms with Crippen LogP contribution in [0.5, 0.6) is 5.75 Å². The Labute approximate surface area is 100 Å². The number of ether oxygens (including phenoxy) is 1. The first-order chi connectivity index (χ1) is 8.11. The van der Waals surface area contributed by atoms with Gasteiger partial charge in [0.2, 0.25) is 0 Å². The summed E-state index contributed by atoms with van der Waals surface area (Å²) in [6.07, 6.45) is 0. The molecule has 1 aromatic carbocycles. The van der Waals surface area contributed by atoms with Crippen LogP contribution in [0, 0.1) is 13.8 Å². The van der Waals surface area contributed by atoms with E-state index in [2.05, 4.69) is 0 Å². The summed E-state index contributed by atoms with van der Waals surface area (Å²) in [5, 5.41) is 0. The van der Waals surface area contributed by atoms with Crippen molar-refractivity contribution in [2.75, 3.05) is 7.11 Å². The second-order valence-corrected chi connectivity index (χ2v) is 4.01. The largest absolute Gasteiger partial charge is 0.497 e. The molecular formula is C14H15NO2. The van der Waals surface area contributed by atoms with E-state index in [9.17, 15) is 4.79 Å². The van der Waals surface area contributed by atoms with Crippen LogP contribution in [0.3, 0.4) is 0 Å². The summed E-state index contributed by atoms with van der Waals surface area (Å²) in [7, 11) is 1.64. The standard InChI is InChI=1S/C14H15NO2/c1-10-7-13(16)8-11(2)15(10)12-5-4-6-14(9-12)17-3/h4-9H,1-3H3. The van der Waals surface area contributed by atoms with Crippen LogP contribution < -0.4 is 10.2 Å². The highest BCUT2D eigenvalue weighted by atomic mass is 16.5. The van der Waals surface area contributed by atoms with Crippen molar-refractivity contribution in [2.24, 2.45) is 0 Å². The van der Waals surface area contributed by atoms with Crippen LogP contribution in [-0.2, 0) is 0 Å². The van der Waals surface area contributed by atoms with Crippen molar-refractivity contribution in [3.05, 3.63) is 58.0 Å². The van der Waals surface area contributed by atoms with E-state index >= 15 is 0 Å². The van der Waals surface area contributed by atoms with Crippen molar-refractivity contribution in [1.82, 2.24) is 4.57 Å². The molecule has 0 spiro atoms. The van der Waals surface area contributed by atoms with E-state index in [4.69, 9.17) is 4.74 Å². The van der Waals surface area contributed by atoms with Crippen molar-refractivity contribution in [3.8, 4) is 11.4 Å². The molecule has 0 saturated carbocycles. The van der Waals surface area contributed by atoms with Crippen LogP contribution in [0.2, 0.25) is 0 Å². The fourth-order valence-electron chi connectivity index (χ4n) is 2.02. The van der Waals surface area contributed by atoms with E-state index in [0.717, 1.165) is 22.8 Å². The average molecular weight is 229 g/mol. The summed E-state index contributed by atoms with van der Waals surface area (Å²) < 4.78 is 7.24. The highest BCUT2D eigenvalue weighted by Crippen LogP contribution is 2.18. The quantitative estimate of drug-likeness (QED) is 0.792. The molecule has 0 aliphatic rings. The third-order valence-electron chi connectivity index (χ3n) is 2.72. The Hall–Kier alpha value is -2.03. The molecule has 0 fully saturated rings. The minimum Gasteiger partial charge on any atom is -0.497 e. The van der Waals surface area contributed by atoms with Gasteiger partial charge in [0.1, 0.15) is 5.75 Å². The number of aryl methyl sites for hydroxylation is 2. The van der Waals surface area contributed by atoms with Crippen molar-refractivity contribution in [3.63, 3.8) is 0 Å². The minimum atomic E-state index is 0.0409. The van der Waals surface area contributed by atoms with E-state index in [-0.39, 0.29) is 5.43 Å². The van der Waals surface area contributed by atoms with E-state index < -0.39 is 0 Å². The fraction of sp³-hybridized carbons (Fsp3) is 0.214. The number of benzene rings is 1. The Morgan fingerprint density at radius 2 is 1.71 bits per heavy atom. The lowest BCUT2D eigenvalue weighted by molar-refractivity contribution is 0.414. The van der Waals surface area contributed by atoms with Gasteiger partial charge in [-0.15, -0.1) is 0 Å². The molecule has 0 atom stereocenters. The van der Waals surface area contributed by atoms with Crippen molar-refractivity contribution >= 4 is 0 Å². The molecule has 2 aromatic rings. The smallest absolute Gasteiger partial charge is 0.182 e. The summed E-state index contributed by atoms with van der Waals surface area (Å²) >= 11 is 0. The number of pyridine rings is 1. The van der Waals surface area contributed by atoms with Crippen molar-refractivity contribution in [2.45, 2.75) is 13.8 Å². The van der Waals surface area contributed by atoms with Gasteiger partial charge in [0.25, 0.3) is 0 Å². The zero-order valence-electron chi connectivity index (χ0n) is 10.2. The predicted molar refractivity (Wildman–Crippen MR) is 68.1 cm³/mol. The maximum atomic E-state index is 11.4. The topological polar surface area (TPSA) is 31.2 Å². The summed E-state index contributed by atoms with van der Waals surface area (Å²) in [4.78, 5) is 11.4. The number of rotatable bonds is 2. The van der Waals surface area contributed by atoms with Crippen LogP contribution in [0.4, 0.5) is 0 Å². The molecule has 0 amide bonds. The van der Waals surface area contributed by atoms with E-state index in [1.54, 1.807) is 19.2 Å². The molecule has 17 heavy (non-hydrogen) atoms. The van der Waals surface area contributed by atoms with Gasteiger partial charge in [0, 0.05) is 35.3 Å². The first-order valence-electron chi connectivity index (χ1n) is 5.46. The normalized spacial score (nSPS) is 10.3. The molecule has 0 bridgehead atoms. The lowest BCUT2D eigenvalue weighted by atomic mass is 10.2. The molecular weight excluding hydrogens is 214 g/mol. The molecule has 0 aliphatic carbocycles. The van der Waals surface area contributed by atoms with Gasteiger partial charge in [0.05, 0.1) is 7.11 Å². The molecule has 2 rings (SSSR count). The molecule has 88 valence electrons. The highest BCUT2D eigenvalue weighted by Gasteiger charge is 2.04. The van der Waals surface area contributed by atoms with Crippen LogP contribution in [0.15, 0.2) is 41.2 Å². The van der Waals surface area contributed by atoms with E-state index in [1.165, 1.54) is 0 Å². The molecule has 3 nitrogen and oxygen atoms in total. The van der Waals surface area contributed by atoms with Crippen LogP contribution in [0.25, 0.3) is 5.69 Å². The van der Waals surface area contributed by atoms with Crippen molar-refractivity contribution < 1.29 is 4.74 Å². The van der Waals surface area contributed by atoms with Gasteiger partial charge in [-0.25, -0.2) is 0 Å². The van der Waals surface area contributed by atoms with Gasteiger partial charge in [-0.05, 0) is 26.0 Å². The number of nitrogens with zero attached hydrogens (tertiary/aromatic N) is 1. The summed E-state index contributed by atoms with van der Waals surface area (Å²) in [5.74, 6) is 0.806. The third-order valence-corrected chi connectivity index (χ3v) is 2.72. The van der Waals surface area contributed by atoms with Gasteiger partial charge < -0.3 is 9.30 Å². The molecule has 0 aliphatic heterocycles. The average Bonchev–Trinajstić information content (AvgIpc) is 2.28. The first kappa shape index (κ1) is 11.5. The molecule has 1 aromatic heterocycles. The molecule has 0 unspecified atom stereocenters. The Bertz CT molecular complexity index is 573. The van der Waals surface area contributed by atoms with Crippen molar-refractivity contribution in [1.29, 1.82) is 0 Å². The molecule has 0 saturated heterocycles. The molecule has 1 heterocycles. The van der Waals surface area contributed by atoms with E-state index in [1.807, 2.05) is 42.7 Å². The maximum absolute atomic E-state index is 11.4. The van der Waals surface area contributed by atoms with Crippen LogP contribution in [-0.4, -0.2) is 11.7 Å². The Balaban J connectivity index is 2.64. The lowest BCUT2D eigenvalue weighted by Crippen LogP contribution is -2.11. The van der Waals surface area contributed by atoms with Gasteiger partial charge >= 0.3 is 0 Å². The zero-order chi connectivity index (χ0) is 12.4. The summed E-state index contributed by atoms with van der Waals surface area (Å²) in [6.45, 7) is 3.85. The van der Waals surface area contributed by atoms with Crippen LogP contribution >= 0.6 is 0 Å². The predicted octanol–water partition coefficient (Wildman–Crippen LogP) is 2.46. The van der Waals surface area contributed by atoms with Gasteiger partial charge in [-0.3, -0.25) is 4.79 Å². The number of hydrogen-bond donors (Lipinski definition) is 0. The molecule has 0 radical (unpaired) electrons. The second kappa shape index (κ2) is 4.45. The zero-order valence-corrected chi connectivity index (χ0v) is 10.2. The third kappa shape index (κ3) is 2.23.